The number of ether oxygens (including phenoxy) is 1. The van der Waals surface area contributed by atoms with Gasteiger partial charge in [-0.1, -0.05) is 0 Å². The van der Waals surface area contributed by atoms with Gasteiger partial charge in [0, 0.05) is 6.54 Å². The van der Waals surface area contributed by atoms with E-state index in [1.807, 2.05) is 0 Å². The van der Waals surface area contributed by atoms with Gasteiger partial charge in [0.15, 0.2) is 0 Å². The third kappa shape index (κ3) is 5.04. The summed E-state index contributed by atoms with van der Waals surface area (Å²) in [6.07, 6.45) is 0.0594. The lowest BCUT2D eigenvalue weighted by Gasteiger charge is -2.10. The number of primary sulfonamides is 1. The van der Waals surface area contributed by atoms with Crippen LogP contribution in [-0.2, 0) is 14.8 Å². The summed E-state index contributed by atoms with van der Waals surface area (Å²) < 4.78 is 27.6. The lowest BCUT2D eigenvalue weighted by atomic mass is 10.2. The van der Waals surface area contributed by atoms with E-state index in [0.717, 1.165) is 12.1 Å². The lowest BCUT2D eigenvalue weighted by molar-refractivity contribution is -0.121. The largest absolute Gasteiger partial charge is 0.492 e. The molecule has 116 valence electrons. The second kappa shape index (κ2) is 7.04. The summed E-state index contributed by atoms with van der Waals surface area (Å²) in [6, 6.07) is 3.25. The quantitative estimate of drug-likeness (QED) is 0.644. The number of carboxylic acid groups (broad SMARTS) is 1. The molecular formula is C12H16N2O6S. The van der Waals surface area contributed by atoms with Gasteiger partial charge in [0.1, 0.15) is 11.3 Å². The van der Waals surface area contributed by atoms with Crippen LogP contribution in [0.2, 0.25) is 0 Å². The van der Waals surface area contributed by atoms with Crippen molar-refractivity contribution in [3.63, 3.8) is 0 Å². The molecule has 1 aromatic rings. The molecule has 0 aromatic heterocycles. The first-order valence-corrected chi connectivity index (χ1v) is 7.60. The van der Waals surface area contributed by atoms with Crippen LogP contribution in [0.1, 0.15) is 23.7 Å². The number of sulfonamides is 1. The Balaban J connectivity index is 2.88. The summed E-state index contributed by atoms with van der Waals surface area (Å²) in [6.45, 7) is 2.23. The highest BCUT2D eigenvalue weighted by Gasteiger charge is 2.17. The molecule has 9 heteroatoms. The zero-order valence-corrected chi connectivity index (χ0v) is 12.1. The maximum atomic E-state index is 11.2. The number of hydrogen-bond acceptors (Lipinski definition) is 5. The Labute approximate surface area is 122 Å². The van der Waals surface area contributed by atoms with Crippen molar-refractivity contribution in [1.82, 2.24) is 5.32 Å². The molecule has 0 spiro atoms. The molecule has 1 amide bonds. The van der Waals surface area contributed by atoms with E-state index in [-0.39, 0.29) is 35.1 Å². The zero-order valence-electron chi connectivity index (χ0n) is 11.3. The minimum absolute atomic E-state index is 0.0269. The van der Waals surface area contributed by atoms with Gasteiger partial charge in [-0.2, -0.15) is 0 Å². The highest BCUT2D eigenvalue weighted by molar-refractivity contribution is 7.89. The van der Waals surface area contributed by atoms with E-state index in [0.29, 0.717) is 6.54 Å². The fourth-order valence-corrected chi connectivity index (χ4v) is 2.06. The molecule has 0 fully saturated rings. The Hall–Kier alpha value is -2.13. The van der Waals surface area contributed by atoms with Crippen molar-refractivity contribution < 1.29 is 27.9 Å². The first kappa shape index (κ1) is 16.9. The molecule has 0 aliphatic rings. The number of amides is 1. The molecule has 4 N–H and O–H groups in total. The number of carboxylic acids is 1. The summed E-state index contributed by atoms with van der Waals surface area (Å²) in [7, 11) is -4.00. The van der Waals surface area contributed by atoms with Crippen LogP contribution < -0.4 is 15.2 Å². The first-order valence-electron chi connectivity index (χ1n) is 6.05. The molecule has 0 saturated heterocycles. The van der Waals surface area contributed by atoms with Crippen LogP contribution in [0.4, 0.5) is 0 Å². The predicted octanol–water partition coefficient (Wildman–Crippen LogP) is -0.0628. The van der Waals surface area contributed by atoms with Crippen molar-refractivity contribution in [2.45, 2.75) is 18.2 Å². The molecule has 0 atom stereocenters. The van der Waals surface area contributed by atoms with Gasteiger partial charge >= 0.3 is 5.97 Å². The number of aromatic carboxylic acids is 1. The standard InChI is InChI=1S/C12H16N2O6S/c1-2-14-11(15)5-6-20-10-4-3-8(21(13,18)19)7-9(10)12(16)17/h3-4,7H,2,5-6H2,1H3,(H,14,15)(H,16,17)(H2,13,18,19). The van der Waals surface area contributed by atoms with Crippen molar-refractivity contribution in [2.24, 2.45) is 5.14 Å². The minimum atomic E-state index is -4.00. The first-order chi connectivity index (χ1) is 9.75. The number of rotatable bonds is 7. The van der Waals surface area contributed by atoms with Crippen LogP contribution in [0.3, 0.4) is 0 Å². The molecule has 0 heterocycles. The molecule has 0 bridgehead atoms. The van der Waals surface area contributed by atoms with E-state index in [2.05, 4.69) is 5.32 Å². The van der Waals surface area contributed by atoms with Crippen LogP contribution in [-0.4, -0.2) is 38.6 Å². The number of nitrogens with two attached hydrogens (primary N) is 1. The van der Waals surface area contributed by atoms with Crippen molar-refractivity contribution in [3.05, 3.63) is 23.8 Å². The molecule has 0 unspecified atom stereocenters. The van der Waals surface area contributed by atoms with Crippen molar-refractivity contribution in [2.75, 3.05) is 13.2 Å². The number of hydrogen-bond donors (Lipinski definition) is 3. The third-order valence-corrected chi connectivity index (χ3v) is 3.38. The molecule has 0 radical (unpaired) electrons. The molecular weight excluding hydrogens is 300 g/mol. The van der Waals surface area contributed by atoms with Gasteiger partial charge in [0.2, 0.25) is 15.9 Å². The Morgan fingerprint density at radius 1 is 1.38 bits per heavy atom. The van der Waals surface area contributed by atoms with Gasteiger partial charge < -0.3 is 15.2 Å². The van der Waals surface area contributed by atoms with Crippen LogP contribution >= 0.6 is 0 Å². The predicted molar refractivity (Wildman–Crippen MR) is 73.6 cm³/mol. The SMILES string of the molecule is CCNC(=O)CCOc1ccc(S(N)(=O)=O)cc1C(=O)O. The summed E-state index contributed by atoms with van der Waals surface area (Å²) in [5.74, 6) is -1.61. The topological polar surface area (TPSA) is 136 Å². The maximum Gasteiger partial charge on any atom is 0.339 e. The molecule has 0 aliphatic carbocycles. The van der Waals surface area contributed by atoms with Gasteiger partial charge in [-0.15, -0.1) is 0 Å². The minimum Gasteiger partial charge on any atom is -0.492 e. The van der Waals surface area contributed by atoms with Gasteiger partial charge in [0.05, 0.1) is 17.9 Å². The molecule has 8 nitrogen and oxygen atoms in total. The van der Waals surface area contributed by atoms with E-state index < -0.39 is 16.0 Å². The number of benzene rings is 1. The summed E-state index contributed by atoms with van der Waals surface area (Å²) >= 11 is 0. The van der Waals surface area contributed by atoms with E-state index in [1.165, 1.54) is 6.07 Å². The molecule has 0 aliphatic heterocycles. The lowest BCUT2D eigenvalue weighted by Crippen LogP contribution is -2.24. The van der Waals surface area contributed by atoms with Gasteiger partial charge in [-0.25, -0.2) is 18.4 Å². The molecule has 1 rings (SSSR count). The Kier molecular flexibility index (Phi) is 5.68. The Bertz CT molecular complexity index is 641. The Morgan fingerprint density at radius 3 is 2.57 bits per heavy atom. The van der Waals surface area contributed by atoms with Crippen LogP contribution in [0.25, 0.3) is 0 Å². The van der Waals surface area contributed by atoms with Crippen LogP contribution in [0.15, 0.2) is 23.1 Å². The second-order valence-corrected chi connectivity index (χ2v) is 5.62. The summed E-state index contributed by atoms with van der Waals surface area (Å²) in [5, 5.41) is 16.6. The monoisotopic (exact) mass is 316 g/mol. The smallest absolute Gasteiger partial charge is 0.339 e. The zero-order chi connectivity index (χ0) is 16.0. The van der Waals surface area contributed by atoms with Gasteiger partial charge in [0.25, 0.3) is 0 Å². The molecule has 1 aromatic carbocycles. The van der Waals surface area contributed by atoms with E-state index in [9.17, 15) is 18.0 Å². The van der Waals surface area contributed by atoms with Crippen molar-refractivity contribution >= 4 is 21.9 Å². The number of carbonyl (C=O) groups is 2. The summed E-state index contributed by atoms with van der Waals surface area (Å²) in [4.78, 5) is 22.0. The fourth-order valence-electron chi connectivity index (χ4n) is 1.52. The van der Waals surface area contributed by atoms with Gasteiger partial charge in [-0.05, 0) is 25.1 Å². The maximum absolute atomic E-state index is 11.2. The van der Waals surface area contributed by atoms with E-state index in [4.69, 9.17) is 15.0 Å². The Morgan fingerprint density at radius 2 is 2.05 bits per heavy atom. The normalized spacial score (nSPS) is 11.0. The van der Waals surface area contributed by atoms with E-state index in [1.54, 1.807) is 6.92 Å². The average Bonchev–Trinajstić information content (AvgIpc) is 2.37. The molecule has 0 saturated carbocycles. The highest BCUT2D eigenvalue weighted by atomic mass is 32.2. The number of carbonyl (C=O) groups excluding carboxylic acids is 1. The number of nitrogens with one attached hydrogen (secondary N) is 1. The van der Waals surface area contributed by atoms with Crippen molar-refractivity contribution in [1.29, 1.82) is 0 Å². The second-order valence-electron chi connectivity index (χ2n) is 4.06. The van der Waals surface area contributed by atoms with Crippen LogP contribution in [0.5, 0.6) is 5.75 Å². The fraction of sp³-hybridized carbons (Fsp3) is 0.333. The average molecular weight is 316 g/mol. The van der Waals surface area contributed by atoms with Crippen molar-refractivity contribution in [3.8, 4) is 5.75 Å². The van der Waals surface area contributed by atoms with Crippen LogP contribution in [0, 0.1) is 0 Å². The van der Waals surface area contributed by atoms with E-state index >= 15 is 0 Å². The van der Waals surface area contributed by atoms with Gasteiger partial charge in [-0.3, -0.25) is 4.79 Å². The molecule has 21 heavy (non-hydrogen) atoms. The third-order valence-electron chi connectivity index (χ3n) is 2.47. The highest BCUT2D eigenvalue weighted by Crippen LogP contribution is 2.22. The summed E-state index contributed by atoms with van der Waals surface area (Å²) in [5.41, 5.74) is -0.336.